The van der Waals surface area contributed by atoms with Crippen LogP contribution in [0.25, 0.3) is 11.1 Å². The van der Waals surface area contributed by atoms with E-state index < -0.39 is 15.9 Å². The van der Waals surface area contributed by atoms with Crippen LogP contribution in [0.1, 0.15) is 16.7 Å². The SMILES string of the molecule is COc1cccc(-c2ccc(S(=O)(=O)N(CCc3ccccc3OC)CC(=O)NCc3ccc(CN)cc3)cc2)c1. The molecule has 4 aromatic carbocycles. The third kappa shape index (κ3) is 7.73. The van der Waals surface area contributed by atoms with Crippen molar-refractivity contribution in [3.63, 3.8) is 0 Å². The minimum Gasteiger partial charge on any atom is -0.497 e. The van der Waals surface area contributed by atoms with Gasteiger partial charge in [0.1, 0.15) is 11.5 Å². The fourth-order valence-electron chi connectivity index (χ4n) is 4.42. The van der Waals surface area contributed by atoms with Crippen molar-refractivity contribution in [2.75, 3.05) is 27.3 Å². The lowest BCUT2D eigenvalue weighted by atomic mass is 10.1. The maximum Gasteiger partial charge on any atom is 0.243 e. The molecule has 0 radical (unpaired) electrons. The molecule has 0 saturated heterocycles. The maximum absolute atomic E-state index is 13.8. The highest BCUT2D eigenvalue weighted by atomic mass is 32.2. The number of hydrogen-bond acceptors (Lipinski definition) is 6. The summed E-state index contributed by atoms with van der Waals surface area (Å²) in [5, 5.41) is 2.84. The molecule has 214 valence electrons. The molecule has 0 heterocycles. The lowest BCUT2D eigenvalue weighted by Gasteiger charge is -2.22. The Morgan fingerprint density at radius 2 is 1.54 bits per heavy atom. The highest BCUT2D eigenvalue weighted by molar-refractivity contribution is 7.89. The van der Waals surface area contributed by atoms with Crippen molar-refractivity contribution in [1.82, 2.24) is 9.62 Å². The Balaban J connectivity index is 1.54. The van der Waals surface area contributed by atoms with Crippen molar-refractivity contribution >= 4 is 15.9 Å². The molecule has 0 atom stereocenters. The number of rotatable bonds is 13. The van der Waals surface area contributed by atoms with Crippen LogP contribution in [0.5, 0.6) is 11.5 Å². The number of ether oxygens (including phenoxy) is 2. The van der Waals surface area contributed by atoms with Gasteiger partial charge in [-0.1, -0.05) is 66.7 Å². The van der Waals surface area contributed by atoms with Crippen LogP contribution in [0.4, 0.5) is 0 Å². The summed E-state index contributed by atoms with van der Waals surface area (Å²) in [5.74, 6) is 0.977. The number of nitrogens with two attached hydrogens (primary N) is 1. The number of nitrogens with one attached hydrogen (secondary N) is 1. The van der Waals surface area contributed by atoms with Crippen molar-refractivity contribution in [2.45, 2.75) is 24.4 Å². The third-order valence-electron chi connectivity index (χ3n) is 6.79. The second-order valence-corrected chi connectivity index (χ2v) is 11.4. The van der Waals surface area contributed by atoms with Crippen LogP contribution < -0.4 is 20.5 Å². The zero-order valence-electron chi connectivity index (χ0n) is 23.2. The first-order valence-electron chi connectivity index (χ1n) is 13.2. The first-order chi connectivity index (χ1) is 19.8. The second-order valence-electron chi connectivity index (χ2n) is 9.45. The minimum atomic E-state index is -4.00. The lowest BCUT2D eigenvalue weighted by Crippen LogP contribution is -2.41. The Kier molecular flexibility index (Phi) is 10.1. The van der Waals surface area contributed by atoms with E-state index in [0.717, 1.165) is 27.8 Å². The molecule has 0 aromatic heterocycles. The van der Waals surface area contributed by atoms with Gasteiger partial charge in [0.25, 0.3) is 0 Å². The molecule has 0 unspecified atom stereocenters. The smallest absolute Gasteiger partial charge is 0.243 e. The predicted octanol–water partition coefficient (Wildman–Crippen LogP) is 4.38. The van der Waals surface area contributed by atoms with Crippen molar-refractivity contribution in [1.29, 1.82) is 0 Å². The number of amides is 1. The number of para-hydroxylation sites is 1. The first-order valence-corrected chi connectivity index (χ1v) is 14.7. The zero-order chi connectivity index (χ0) is 29.2. The number of carbonyl (C=O) groups is 1. The highest BCUT2D eigenvalue weighted by Gasteiger charge is 2.27. The molecule has 0 saturated carbocycles. The van der Waals surface area contributed by atoms with E-state index >= 15 is 0 Å². The number of nitrogens with zero attached hydrogens (tertiary/aromatic N) is 1. The number of benzene rings is 4. The van der Waals surface area contributed by atoms with Crippen LogP contribution in [0.3, 0.4) is 0 Å². The second kappa shape index (κ2) is 13.9. The lowest BCUT2D eigenvalue weighted by molar-refractivity contribution is -0.121. The Bertz CT molecular complexity index is 1560. The highest BCUT2D eigenvalue weighted by Crippen LogP contribution is 2.26. The molecule has 0 aliphatic rings. The largest absolute Gasteiger partial charge is 0.497 e. The molecule has 0 aliphatic carbocycles. The van der Waals surface area contributed by atoms with E-state index in [9.17, 15) is 13.2 Å². The van der Waals surface area contributed by atoms with E-state index in [1.54, 1.807) is 38.5 Å². The summed E-state index contributed by atoms with van der Waals surface area (Å²) >= 11 is 0. The van der Waals surface area contributed by atoms with Crippen LogP contribution in [-0.2, 0) is 34.3 Å². The van der Waals surface area contributed by atoms with E-state index in [4.69, 9.17) is 15.2 Å². The zero-order valence-corrected chi connectivity index (χ0v) is 24.1. The third-order valence-corrected chi connectivity index (χ3v) is 8.65. The van der Waals surface area contributed by atoms with Crippen LogP contribution in [-0.4, -0.2) is 45.9 Å². The van der Waals surface area contributed by atoms with Gasteiger partial charge < -0.3 is 20.5 Å². The molecule has 0 spiro atoms. The molecule has 8 nitrogen and oxygen atoms in total. The van der Waals surface area contributed by atoms with Crippen molar-refractivity contribution in [3.8, 4) is 22.6 Å². The number of methoxy groups -OCH3 is 2. The van der Waals surface area contributed by atoms with Gasteiger partial charge in [0.2, 0.25) is 15.9 Å². The molecule has 0 fully saturated rings. The topological polar surface area (TPSA) is 111 Å². The quantitative estimate of drug-likeness (QED) is 0.246. The monoisotopic (exact) mass is 573 g/mol. The molecule has 0 bridgehead atoms. The van der Waals surface area contributed by atoms with E-state index in [2.05, 4.69) is 5.32 Å². The number of sulfonamides is 1. The fourth-order valence-corrected chi connectivity index (χ4v) is 5.82. The van der Waals surface area contributed by atoms with E-state index in [1.165, 1.54) is 4.31 Å². The molecule has 9 heteroatoms. The molecular formula is C32H35N3O5S. The van der Waals surface area contributed by atoms with E-state index in [-0.39, 0.29) is 24.5 Å². The van der Waals surface area contributed by atoms with Crippen LogP contribution in [0.2, 0.25) is 0 Å². The Labute approximate surface area is 241 Å². The van der Waals surface area contributed by atoms with Gasteiger partial charge in [-0.15, -0.1) is 0 Å². The minimum absolute atomic E-state index is 0.0962. The molecule has 0 aliphatic heterocycles. The Morgan fingerprint density at radius 3 is 2.22 bits per heavy atom. The molecule has 1 amide bonds. The van der Waals surface area contributed by atoms with Gasteiger partial charge in [-0.2, -0.15) is 4.31 Å². The van der Waals surface area contributed by atoms with Gasteiger partial charge in [-0.3, -0.25) is 4.79 Å². The average Bonchev–Trinajstić information content (AvgIpc) is 3.02. The van der Waals surface area contributed by atoms with Crippen molar-refractivity contribution < 1.29 is 22.7 Å². The predicted molar refractivity (Wildman–Crippen MR) is 160 cm³/mol. The molecular weight excluding hydrogens is 538 g/mol. The van der Waals surface area contributed by atoms with Crippen LogP contribution in [0.15, 0.2) is 102 Å². The van der Waals surface area contributed by atoms with Gasteiger partial charge in [0, 0.05) is 19.6 Å². The summed E-state index contributed by atoms with van der Waals surface area (Å²) < 4.78 is 39.6. The maximum atomic E-state index is 13.8. The van der Waals surface area contributed by atoms with Crippen molar-refractivity contribution in [2.24, 2.45) is 5.73 Å². The average molecular weight is 574 g/mol. The van der Waals surface area contributed by atoms with Gasteiger partial charge in [0.15, 0.2) is 0 Å². The standard InChI is InChI=1S/C32H35N3O5S/c1-39-29-8-5-7-28(20-29)26-14-16-30(17-15-26)41(37,38)35(19-18-27-6-3-4-9-31(27)40-2)23-32(36)34-22-25-12-10-24(21-33)11-13-25/h3-17,20H,18-19,21-23,33H2,1-2H3,(H,34,36). The first kappa shape index (κ1) is 29.8. The van der Waals surface area contributed by atoms with Gasteiger partial charge in [0.05, 0.1) is 25.7 Å². The van der Waals surface area contributed by atoms with Crippen LogP contribution >= 0.6 is 0 Å². The van der Waals surface area contributed by atoms with Gasteiger partial charge in [-0.05, 0) is 64.6 Å². The molecule has 4 rings (SSSR count). The fraction of sp³-hybridized carbons (Fsp3) is 0.219. The van der Waals surface area contributed by atoms with E-state index in [0.29, 0.717) is 24.5 Å². The molecule has 4 aromatic rings. The molecule has 41 heavy (non-hydrogen) atoms. The Morgan fingerprint density at radius 1 is 0.829 bits per heavy atom. The van der Waals surface area contributed by atoms with Gasteiger partial charge in [-0.25, -0.2) is 8.42 Å². The van der Waals surface area contributed by atoms with Gasteiger partial charge >= 0.3 is 0 Å². The summed E-state index contributed by atoms with van der Waals surface area (Å²) in [6.45, 7) is 0.487. The summed E-state index contributed by atoms with van der Waals surface area (Å²) in [7, 11) is -0.823. The summed E-state index contributed by atoms with van der Waals surface area (Å²) in [4.78, 5) is 13.1. The molecule has 3 N–H and O–H groups in total. The number of carbonyl (C=O) groups excluding carboxylic acids is 1. The summed E-state index contributed by atoms with van der Waals surface area (Å²) in [5.41, 5.74) is 10.1. The van der Waals surface area contributed by atoms with E-state index in [1.807, 2.05) is 72.8 Å². The van der Waals surface area contributed by atoms with Crippen LogP contribution in [0, 0.1) is 0 Å². The number of hydrogen-bond donors (Lipinski definition) is 2. The Hall–Kier alpha value is -4.18. The summed E-state index contributed by atoms with van der Waals surface area (Å²) in [6.07, 6.45) is 0.374. The van der Waals surface area contributed by atoms with Crippen molar-refractivity contribution in [3.05, 3.63) is 114 Å². The normalized spacial score (nSPS) is 11.3. The summed E-state index contributed by atoms with van der Waals surface area (Å²) in [6, 6.07) is 29.2.